The third kappa shape index (κ3) is 8.21. The highest BCUT2D eigenvalue weighted by Crippen LogP contribution is 2.12. The first kappa shape index (κ1) is 23.3. The molecule has 0 saturated carbocycles. The number of hydrogen-bond acceptors (Lipinski definition) is 2. The quantitative estimate of drug-likeness (QED) is 0.356. The predicted octanol–water partition coefficient (Wildman–Crippen LogP) is 3.55. The standard InChI is InChI=1S/C20H26F2N4.HI/c1-23-20(24-11-10-15-4-7-18(21)8-5-15)25-13-16-6-9-19(22)17(12-16)14-26(2)3;/h4-9,12H,10-11,13-14H2,1-3H3,(H2,23,24,25);1H. The summed E-state index contributed by atoms with van der Waals surface area (Å²) in [5, 5.41) is 6.45. The lowest BCUT2D eigenvalue weighted by atomic mass is 10.1. The second kappa shape index (κ2) is 11.9. The highest BCUT2D eigenvalue weighted by molar-refractivity contribution is 14.0. The molecule has 4 nitrogen and oxygen atoms in total. The zero-order valence-electron chi connectivity index (χ0n) is 15.9. The Balaban J connectivity index is 0.00000364. The highest BCUT2D eigenvalue weighted by Gasteiger charge is 2.06. The number of halogens is 3. The summed E-state index contributed by atoms with van der Waals surface area (Å²) < 4.78 is 26.7. The van der Waals surface area contributed by atoms with Gasteiger partial charge >= 0.3 is 0 Å². The van der Waals surface area contributed by atoms with Gasteiger partial charge in [-0.05, 0) is 55.9 Å². The fraction of sp³-hybridized carbons (Fsp3) is 0.350. The maximum absolute atomic E-state index is 13.8. The van der Waals surface area contributed by atoms with E-state index in [1.807, 2.05) is 25.1 Å². The van der Waals surface area contributed by atoms with Crippen molar-refractivity contribution in [1.29, 1.82) is 0 Å². The number of benzene rings is 2. The van der Waals surface area contributed by atoms with Crippen LogP contribution in [0, 0.1) is 11.6 Å². The highest BCUT2D eigenvalue weighted by atomic mass is 127. The van der Waals surface area contributed by atoms with Crippen LogP contribution in [0.2, 0.25) is 0 Å². The Kier molecular flexibility index (Phi) is 10.2. The van der Waals surface area contributed by atoms with E-state index in [-0.39, 0.29) is 35.6 Å². The molecule has 0 unspecified atom stereocenters. The molecule has 0 radical (unpaired) electrons. The molecule has 2 aromatic rings. The maximum atomic E-state index is 13.8. The van der Waals surface area contributed by atoms with Gasteiger partial charge in [-0.25, -0.2) is 8.78 Å². The normalized spacial score (nSPS) is 11.3. The van der Waals surface area contributed by atoms with E-state index < -0.39 is 0 Å². The van der Waals surface area contributed by atoms with Gasteiger partial charge in [0, 0.05) is 32.2 Å². The lowest BCUT2D eigenvalue weighted by Gasteiger charge is -2.14. The van der Waals surface area contributed by atoms with Gasteiger partial charge in [-0.15, -0.1) is 24.0 Å². The first-order valence-corrected chi connectivity index (χ1v) is 8.59. The topological polar surface area (TPSA) is 39.7 Å². The summed E-state index contributed by atoms with van der Waals surface area (Å²) in [4.78, 5) is 6.12. The lowest BCUT2D eigenvalue weighted by Crippen LogP contribution is -2.37. The van der Waals surface area contributed by atoms with E-state index in [2.05, 4.69) is 15.6 Å². The van der Waals surface area contributed by atoms with E-state index >= 15 is 0 Å². The first-order valence-electron chi connectivity index (χ1n) is 8.59. The van der Waals surface area contributed by atoms with Gasteiger partial charge in [0.25, 0.3) is 0 Å². The minimum absolute atomic E-state index is 0. The van der Waals surface area contributed by atoms with Crippen molar-refractivity contribution >= 4 is 29.9 Å². The zero-order valence-corrected chi connectivity index (χ0v) is 18.3. The monoisotopic (exact) mass is 488 g/mol. The van der Waals surface area contributed by atoms with E-state index in [4.69, 9.17) is 0 Å². The second-order valence-electron chi connectivity index (χ2n) is 6.39. The molecule has 2 rings (SSSR count). The van der Waals surface area contributed by atoms with Crippen LogP contribution in [0.5, 0.6) is 0 Å². The van der Waals surface area contributed by atoms with Crippen LogP contribution in [-0.2, 0) is 19.5 Å². The predicted molar refractivity (Wildman–Crippen MR) is 118 cm³/mol. The third-order valence-corrected chi connectivity index (χ3v) is 3.90. The fourth-order valence-corrected chi connectivity index (χ4v) is 2.58. The average molecular weight is 488 g/mol. The van der Waals surface area contributed by atoms with Crippen molar-refractivity contribution in [3.63, 3.8) is 0 Å². The molecule has 2 aromatic carbocycles. The molecule has 2 N–H and O–H groups in total. The second-order valence-corrected chi connectivity index (χ2v) is 6.39. The largest absolute Gasteiger partial charge is 0.356 e. The van der Waals surface area contributed by atoms with Crippen LogP contribution in [0.1, 0.15) is 16.7 Å². The molecule has 0 fully saturated rings. The van der Waals surface area contributed by atoms with Crippen molar-refractivity contribution in [3.8, 4) is 0 Å². The maximum Gasteiger partial charge on any atom is 0.191 e. The minimum atomic E-state index is -0.230. The number of rotatable bonds is 7. The molecule has 0 aliphatic heterocycles. The molecule has 0 heterocycles. The van der Waals surface area contributed by atoms with E-state index in [1.54, 1.807) is 25.2 Å². The molecule has 148 valence electrons. The third-order valence-electron chi connectivity index (χ3n) is 3.90. The summed E-state index contributed by atoms with van der Waals surface area (Å²) >= 11 is 0. The minimum Gasteiger partial charge on any atom is -0.356 e. The van der Waals surface area contributed by atoms with E-state index in [1.165, 1.54) is 18.2 Å². The van der Waals surface area contributed by atoms with Gasteiger partial charge in [0.15, 0.2) is 5.96 Å². The van der Waals surface area contributed by atoms with Crippen molar-refractivity contribution < 1.29 is 8.78 Å². The van der Waals surface area contributed by atoms with Gasteiger partial charge in [-0.2, -0.15) is 0 Å². The SMILES string of the molecule is CN=C(NCCc1ccc(F)cc1)NCc1ccc(F)c(CN(C)C)c1.I. The summed E-state index contributed by atoms with van der Waals surface area (Å²) in [5.74, 6) is 0.252. The molecule has 0 aromatic heterocycles. The Hall–Kier alpha value is -1.74. The Bertz CT molecular complexity index is 733. The Morgan fingerprint density at radius 3 is 2.30 bits per heavy atom. The summed E-state index contributed by atoms with van der Waals surface area (Å²) in [6.07, 6.45) is 0.768. The number of aliphatic imine (C=N–C) groups is 1. The van der Waals surface area contributed by atoms with Crippen LogP contribution in [0.25, 0.3) is 0 Å². The van der Waals surface area contributed by atoms with Crippen molar-refractivity contribution in [2.75, 3.05) is 27.7 Å². The van der Waals surface area contributed by atoms with Crippen LogP contribution < -0.4 is 10.6 Å². The fourth-order valence-electron chi connectivity index (χ4n) is 2.58. The van der Waals surface area contributed by atoms with Crippen molar-refractivity contribution in [2.24, 2.45) is 4.99 Å². The molecule has 7 heteroatoms. The van der Waals surface area contributed by atoms with E-state index in [9.17, 15) is 8.78 Å². The molecule has 0 bridgehead atoms. The number of nitrogens with one attached hydrogen (secondary N) is 2. The van der Waals surface area contributed by atoms with E-state index in [0.717, 1.165) is 17.5 Å². The van der Waals surface area contributed by atoms with Gasteiger partial charge in [-0.3, -0.25) is 4.99 Å². The van der Waals surface area contributed by atoms with Crippen LogP contribution in [0.3, 0.4) is 0 Å². The molecule has 0 saturated heterocycles. The van der Waals surface area contributed by atoms with Crippen molar-refractivity contribution in [2.45, 2.75) is 19.5 Å². The van der Waals surface area contributed by atoms with Gasteiger partial charge in [0.1, 0.15) is 11.6 Å². The van der Waals surface area contributed by atoms with Crippen LogP contribution in [0.15, 0.2) is 47.5 Å². The molecule has 27 heavy (non-hydrogen) atoms. The molecule has 0 amide bonds. The molecular weight excluding hydrogens is 461 g/mol. The summed E-state index contributed by atoms with van der Waals surface area (Å²) in [7, 11) is 5.53. The summed E-state index contributed by atoms with van der Waals surface area (Å²) in [6.45, 7) is 1.79. The molecule has 0 spiro atoms. The molecule has 0 aliphatic rings. The van der Waals surface area contributed by atoms with Crippen LogP contribution >= 0.6 is 24.0 Å². The van der Waals surface area contributed by atoms with Crippen molar-refractivity contribution in [3.05, 3.63) is 70.8 Å². The summed E-state index contributed by atoms with van der Waals surface area (Å²) in [5.41, 5.74) is 2.72. The Morgan fingerprint density at radius 1 is 1.00 bits per heavy atom. The summed E-state index contributed by atoms with van der Waals surface area (Å²) in [6, 6.07) is 11.6. The Morgan fingerprint density at radius 2 is 1.67 bits per heavy atom. The van der Waals surface area contributed by atoms with Crippen LogP contribution in [0.4, 0.5) is 8.78 Å². The molecular formula is C20H27F2IN4. The Labute approximate surface area is 177 Å². The van der Waals surface area contributed by atoms with Crippen molar-refractivity contribution in [1.82, 2.24) is 15.5 Å². The number of guanidine groups is 1. The number of hydrogen-bond donors (Lipinski definition) is 2. The van der Waals surface area contributed by atoms with Crippen LogP contribution in [-0.4, -0.2) is 38.5 Å². The van der Waals surface area contributed by atoms with Gasteiger partial charge in [0.2, 0.25) is 0 Å². The van der Waals surface area contributed by atoms with Gasteiger partial charge in [-0.1, -0.05) is 18.2 Å². The average Bonchev–Trinajstić information content (AvgIpc) is 2.61. The zero-order chi connectivity index (χ0) is 18.9. The first-order chi connectivity index (χ1) is 12.5. The molecule has 0 aliphatic carbocycles. The van der Waals surface area contributed by atoms with Gasteiger partial charge < -0.3 is 15.5 Å². The van der Waals surface area contributed by atoms with E-state index in [0.29, 0.717) is 31.2 Å². The number of nitrogens with zero attached hydrogens (tertiary/aromatic N) is 2. The smallest absolute Gasteiger partial charge is 0.191 e. The van der Waals surface area contributed by atoms with Gasteiger partial charge in [0.05, 0.1) is 0 Å². The molecule has 0 atom stereocenters. The lowest BCUT2D eigenvalue weighted by molar-refractivity contribution is 0.392.